The minimum Gasteiger partial charge on any atom is -0.496 e. The van der Waals surface area contributed by atoms with Crippen molar-refractivity contribution in [1.29, 1.82) is 0 Å². The van der Waals surface area contributed by atoms with Crippen molar-refractivity contribution in [3.63, 3.8) is 0 Å². The molecular weight excluding hydrogens is 236 g/mol. The van der Waals surface area contributed by atoms with Gasteiger partial charge >= 0.3 is 0 Å². The molecule has 1 aromatic rings. The number of benzene rings is 1. The van der Waals surface area contributed by atoms with Crippen LogP contribution in [0.1, 0.15) is 31.7 Å². The Kier molecular flexibility index (Phi) is 5.67. The standard InChI is InChI=1S/C16H26N2O/c1-13(12-15-7-5-10-18-15)17-11-9-14-6-3-4-8-16(14)19-2/h3-4,6,8,13,15,17-18H,5,7,9-12H2,1-2H3. The first kappa shape index (κ1) is 14.4. The highest BCUT2D eigenvalue weighted by molar-refractivity contribution is 5.33. The summed E-state index contributed by atoms with van der Waals surface area (Å²) < 4.78 is 5.37. The van der Waals surface area contributed by atoms with Crippen LogP contribution in [0, 0.1) is 0 Å². The fourth-order valence-electron chi connectivity index (χ4n) is 2.83. The topological polar surface area (TPSA) is 33.3 Å². The van der Waals surface area contributed by atoms with Crippen LogP contribution in [0.25, 0.3) is 0 Å². The van der Waals surface area contributed by atoms with Crippen molar-refractivity contribution in [3.8, 4) is 5.75 Å². The quantitative estimate of drug-likeness (QED) is 0.791. The maximum Gasteiger partial charge on any atom is 0.122 e. The van der Waals surface area contributed by atoms with E-state index in [0.29, 0.717) is 12.1 Å². The summed E-state index contributed by atoms with van der Waals surface area (Å²) in [5.74, 6) is 0.995. The van der Waals surface area contributed by atoms with Gasteiger partial charge in [-0.25, -0.2) is 0 Å². The molecule has 2 rings (SSSR count). The Hall–Kier alpha value is -1.06. The van der Waals surface area contributed by atoms with Gasteiger partial charge in [-0.3, -0.25) is 0 Å². The molecule has 2 atom stereocenters. The van der Waals surface area contributed by atoms with Crippen molar-refractivity contribution in [2.24, 2.45) is 0 Å². The summed E-state index contributed by atoms with van der Waals surface area (Å²) in [4.78, 5) is 0. The summed E-state index contributed by atoms with van der Waals surface area (Å²) in [5.41, 5.74) is 1.28. The van der Waals surface area contributed by atoms with Crippen LogP contribution in [0.4, 0.5) is 0 Å². The minimum absolute atomic E-state index is 0.574. The molecule has 1 fully saturated rings. The van der Waals surface area contributed by atoms with E-state index in [2.05, 4.69) is 29.7 Å². The summed E-state index contributed by atoms with van der Waals surface area (Å²) in [6.07, 6.45) is 4.91. The van der Waals surface area contributed by atoms with E-state index in [1.165, 1.54) is 31.4 Å². The van der Waals surface area contributed by atoms with Crippen LogP contribution in [-0.2, 0) is 6.42 Å². The number of para-hydroxylation sites is 1. The van der Waals surface area contributed by atoms with Crippen LogP contribution in [0.3, 0.4) is 0 Å². The average Bonchev–Trinajstić information content (AvgIpc) is 2.92. The van der Waals surface area contributed by atoms with E-state index >= 15 is 0 Å². The molecule has 1 saturated heterocycles. The summed E-state index contributed by atoms with van der Waals surface area (Å²) >= 11 is 0. The van der Waals surface area contributed by atoms with Gasteiger partial charge in [0, 0.05) is 12.1 Å². The molecule has 0 bridgehead atoms. The Bertz CT molecular complexity index is 375. The Balaban J connectivity index is 1.70. The van der Waals surface area contributed by atoms with Crippen LogP contribution in [0.2, 0.25) is 0 Å². The lowest BCUT2D eigenvalue weighted by atomic mass is 10.1. The molecule has 0 spiro atoms. The number of hydrogen-bond donors (Lipinski definition) is 2. The van der Waals surface area contributed by atoms with Crippen molar-refractivity contribution in [2.75, 3.05) is 20.2 Å². The fourth-order valence-corrected chi connectivity index (χ4v) is 2.83. The van der Waals surface area contributed by atoms with Gasteiger partial charge in [-0.05, 0) is 57.3 Å². The Morgan fingerprint density at radius 3 is 3.00 bits per heavy atom. The number of ether oxygens (including phenoxy) is 1. The van der Waals surface area contributed by atoms with E-state index in [1.807, 2.05) is 12.1 Å². The van der Waals surface area contributed by atoms with Crippen molar-refractivity contribution < 1.29 is 4.74 Å². The molecule has 106 valence electrons. The molecule has 1 aliphatic rings. The zero-order valence-corrected chi connectivity index (χ0v) is 12.1. The van der Waals surface area contributed by atoms with Gasteiger partial charge in [0.05, 0.1) is 7.11 Å². The predicted molar refractivity (Wildman–Crippen MR) is 79.8 cm³/mol. The molecule has 19 heavy (non-hydrogen) atoms. The summed E-state index contributed by atoms with van der Waals surface area (Å²) in [5, 5.41) is 7.17. The summed E-state index contributed by atoms with van der Waals surface area (Å²) in [7, 11) is 1.74. The molecule has 0 amide bonds. The van der Waals surface area contributed by atoms with E-state index in [-0.39, 0.29) is 0 Å². The summed E-state index contributed by atoms with van der Waals surface area (Å²) in [6, 6.07) is 9.55. The molecule has 0 saturated carbocycles. The third kappa shape index (κ3) is 4.51. The molecule has 1 heterocycles. The normalized spacial score (nSPS) is 20.4. The second-order valence-corrected chi connectivity index (χ2v) is 5.45. The molecule has 1 aliphatic heterocycles. The second kappa shape index (κ2) is 7.51. The molecule has 2 unspecified atom stereocenters. The van der Waals surface area contributed by atoms with Crippen LogP contribution in [0.15, 0.2) is 24.3 Å². The Morgan fingerprint density at radius 1 is 1.42 bits per heavy atom. The Labute approximate surface area is 116 Å². The van der Waals surface area contributed by atoms with E-state index in [9.17, 15) is 0 Å². The zero-order chi connectivity index (χ0) is 13.5. The molecule has 0 aromatic heterocycles. The van der Waals surface area contributed by atoms with Crippen LogP contribution in [0.5, 0.6) is 5.75 Å². The van der Waals surface area contributed by atoms with Crippen LogP contribution < -0.4 is 15.4 Å². The maximum atomic E-state index is 5.37. The highest BCUT2D eigenvalue weighted by Gasteiger charge is 2.16. The van der Waals surface area contributed by atoms with Gasteiger partial charge in [-0.15, -0.1) is 0 Å². The van der Waals surface area contributed by atoms with Crippen molar-refractivity contribution >= 4 is 0 Å². The third-order valence-corrected chi connectivity index (χ3v) is 3.88. The highest BCUT2D eigenvalue weighted by atomic mass is 16.5. The number of rotatable bonds is 7. The van der Waals surface area contributed by atoms with E-state index in [1.54, 1.807) is 7.11 Å². The van der Waals surface area contributed by atoms with Gasteiger partial charge in [-0.1, -0.05) is 18.2 Å². The lowest BCUT2D eigenvalue weighted by Gasteiger charge is -2.18. The Morgan fingerprint density at radius 2 is 2.26 bits per heavy atom. The molecule has 3 nitrogen and oxygen atoms in total. The lowest BCUT2D eigenvalue weighted by molar-refractivity contribution is 0.406. The van der Waals surface area contributed by atoms with Crippen molar-refractivity contribution in [2.45, 2.75) is 44.7 Å². The first-order valence-electron chi connectivity index (χ1n) is 7.38. The maximum absolute atomic E-state index is 5.37. The first-order chi connectivity index (χ1) is 9.29. The van der Waals surface area contributed by atoms with E-state index in [4.69, 9.17) is 4.74 Å². The van der Waals surface area contributed by atoms with Crippen LogP contribution >= 0.6 is 0 Å². The van der Waals surface area contributed by atoms with E-state index in [0.717, 1.165) is 18.7 Å². The fraction of sp³-hybridized carbons (Fsp3) is 0.625. The van der Waals surface area contributed by atoms with Gasteiger partial charge in [-0.2, -0.15) is 0 Å². The molecule has 2 N–H and O–H groups in total. The molecule has 0 aliphatic carbocycles. The zero-order valence-electron chi connectivity index (χ0n) is 12.1. The van der Waals surface area contributed by atoms with Gasteiger partial charge in [0.25, 0.3) is 0 Å². The van der Waals surface area contributed by atoms with Gasteiger partial charge in [0.1, 0.15) is 5.75 Å². The number of nitrogens with one attached hydrogen (secondary N) is 2. The van der Waals surface area contributed by atoms with Gasteiger partial charge in [0.2, 0.25) is 0 Å². The van der Waals surface area contributed by atoms with Gasteiger partial charge < -0.3 is 15.4 Å². The average molecular weight is 262 g/mol. The summed E-state index contributed by atoms with van der Waals surface area (Å²) in [6.45, 7) is 4.48. The van der Waals surface area contributed by atoms with Crippen LogP contribution in [-0.4, -0.2) is 32.3 Å². The molecule has 3 heteroatoms. The van der Waals surface area contributed by atoms with Crippen molar-refractivity contribution in [3.05, 3.63) is 29.8 Å². The monoisotopic (exact) mass is 262 g/mol. The number of methoxy groups -OCH3 is 1. The first-order valence-corrected chi connectivity index (χ1v) is 7.38. The molecule has 0 radical (unpaired) electrons. The lowest BCUT2D eigenvalue weighted by Crippen LogP contribution is -2.34. The minimum atomic E-state index is 0.574. The largest absolute Gasteiger partial charge is 0.496 e. The molecular formula is C16H26N2O. The van der Waals surface area contributed by atoms with Gasteiger partial charge in [0.15, 0.2) is 0 Å². The number of hydrogen-bond acceptors (Lipinski definition) is 3. The highest BCUT2D eigenvalue weighted by Crippen LogP contribution is 2.17. The van der Waals surface area contributed by atoms with Crippen molar-refractivity contribution in [1.82, 2.24) is 10.6 Å². The molecule has 1 aromatic carbocycles. The third-order valence-electron chi connectivity index (χ3n) is 3.88. The predicted octanol–water partition coefficient (Wildman–Crippen LogP) is 2.36. The van der Waals surface area contributed by atoms with E-state index < -0.39 is 0 Å². The SMILES string of the molecule is COc1ccccc1CCNC(C)CC1CCCN1. The second-order valence-electron chi connectivity index (χ2n) is 5.45. The smallest absolute Gasteiger partial charge is 0.122 e.